The summed E-state index contributed by atoms with van der Waals surface area (Å²) in [6, 6.07) is 0. The lowest BCUT2D eigenvalue weighted by Crippen LogP contribution is -2.32. The highest BCUT2D eigenvalue weighted by Gasteiger charge is 2.40. The smallest absolute Gasteiger partial charge is 0.310 e. The fraction of sp³-hybridized carbons (Fsp3) is 0.587. The molecule has 416 valence electrons. The summed E-state index contributed by atoms with van der Waals surface area (Å²) >= 11 is 0. The lowest BCUT2D eigenvalue weighted by molar-refractivity contribution is -0.143. The monoisotopic (exact) mass is 1040 g/mol. The molecule has 1 fully saturated rings. The van der Waals surface area contributed by atoms with Gasteiger partial charge in [0.2, 0.25) is 0 Å². The van der Waals surface area contributed by atoms with Crippen LogP contribution in [0.3, 0.4) is 0 Å². The van der Waals surface area contributed by atoms with Crippen LogP contribution in [0, 0.1) is 29.6 Å². The summed E-state index contributed by atoms with van der Waals surface area (Å²) in [5.41, 5.74) is 11.8. The molecular formula is C63H92N6O7. The van der Waals surface area contributed by atoms with Gasteiger partial charge < -0.3 is 34.9 Å². The largest absolute Gasteiger partial charge is 0.469 e. The molecule has 5 aliphatic rings. The van der Waals surface area contributed by atoms with Gasteiger partial charge in [-0.15, -0.1) is 0 Å². The quantitative estimate of drug-likeness (QED) is 0.0349. The van der Waals surface area contributed by atoms with E-state index in [4.69, 9.17) is 33.9 Å². The van der Waals surface area contributed by atoms with Crippen molar-refractivity contribution >= 4 is 35.0 Å². The summed E-state index contributed by atoms with van der Waals surface area (Å²) in [4.78, 5) is 57.6. The number of esters is 2. The van der Waals surface area contributed by atoms with E-state index in [1.54, 1.807) is 0 Å². The average molecular weight is 1050 g/mol. The van der Waals surface area contributed by atoms with Gasteiger partial charge in [-0.2, -0.15) is 0 Å². The molecule has 1 saturated heterocycles. The predicted molar refractivity (Wildman–Crippen MR) is 310 cm³/mol. The summed E-state index contributed by atoms with van der Waals surface area (Å²) in [6.45, 7) is 30.8. The summed E-state index contributed by atoms with van der Waals surface area (Å²) in [5, 5.41) is 10.2. The number of allylic oxidation sites excluding steroid dienone is 11. The van der Waals surface area contributed by atoms with Gasteiger partial charge in [-0.3, -0.25) is 14.4 Å². The number of carbonyl (C=O) groups is 3. The van der Waals surface area contributed by atoms with Crippen molar-refractivity contribution in [1.82, 2.24) is 16.0 Å². The SMILES string of the molecule is C=CC1=C(C)C2=NC1=CC1=NC(=C(CC)C1=CNCCOCC)C=C1N=C(C(CC(=O)OC)=C3NC(=C2)C(C)C3CCC(=O)OCC=C(C)CCCC(C)CCCC(C)CCCC(C)C)C(C(=O)NCCOCC)=C1C. The third-order valence-electron chi connectivity index (χ3n) is 15.3. The number of hydrogen-bond donors (Lipinski definition) is 3. The maximum atomic E-state index is 14.5. The second-order valence-electron chi connectivity index (χ2n) is 21.5. The van der Waals surface area contributed by atoms with Crippen molar-refractivity contribution in [3.63, 3.8) is 0 Å². The van der Waals surface area contributed by atoms with Crippen LogP contribution in [-0.2, 0) is 33.3 Å². The molecule has 0 aromatic carbocycles. The zero-order valence-corrected chi connectivity index (χ0v) is 48.4. The first-order valence-corrected chi connectivity index (χ1v) is 28.5. The minimum Gasteiger partial charge on any atom is -0.469 e. The molecule has 1 amide bonds. The first kappa shape index (κ1) is 61.2. The Kier molecular flexibility index (Phi) is 24.9. The molecule has 13 nitrogen and oxygen atoms in total. The van der Waals surface area contributed by atoms with Gasteiger partial charge in [-0.1, -0.05) is 105 Å². The fourth-order valence-electron chi connectivity index (χ4n) is 10.6. The summed E-state index contributed by atoms with van der Waals surface area (Å²) in [7, 11) is 1.35. The summed E-state index contributed by atoms with van der Waals surface area (Å²) in [5.74, 6) is 0.662. The maximum Gasteiger partial charge on any atom is 0.310 e. The molecule has 8 bridgehead atoms. The van der Waals surface area contributed by atoms with Crippen LogP contribution in [0.15, 0.2) is 131 Å². The lowest BCUT2D eigenvalue weighted by atomic mass is 9.84. The number of amides is 1. The molecule has 0 radical (unpaired) electrons. The predicted octanol–water partition coefficient (Wildman–Crippen LogP) is 12.5. The first-order valence-electron chi connectivity index (χ1n) is 28.5. The van der Waals surface area contributed by atoms with Crippen molar-refractivity contribution in [3.05, 3.63) is 116 Å². The molecule has 5 aliphatic heterocycles. The standard InChI is InChI=1S/C63H92N6O7/c1-14-47-44(10)52-36-53-45(11)49(27-28-58(70)76-32-29-43(9)26-20-25-42(8)24-19-23-41(7)22-18-21-40(5)6)61(68-53)50(35-59(71)73-13)62-60(63(72)65-31-34-75-17-4)46(12)54(69-62)37-56-48(15-2)51(39-64-30-33-74-16-3)57(67-56)38-55(47)66-52/h14,29,36-42,45,49,64,68H,1,15-28,30-35H2,2-13H3,(H,65,72). The topological polar surface area (TPSA) is 161 Å². The Balaban J connectivity index is 1.48. The third-order valence-corrected chi connectivity index (χ3v) is 15.3. The first-order chi connectivity index (χ1) is 36.5. The van der Waals surface area contributed by atoms with Crippen LogP contribution in [0.25, 0.3) is 0 Å². The van der Waals surface area contributed by atoms with Gasteiger partial charge in [0.05, 0.1) is 66.5 Å². The minimum atomic E-state index is -0.498. The Bertz CT molecular complexity index is 2500. The highest BCUT2D eigenvalue weighted by atomic mass is 16.5. The van der Waals surface area contributed by atoms with E-state index in [0.717, 1.165) is 69.8 Å². The molecule has 0 aromatic rings. The van der Waals surface area contributed by atoms with Crippen LogP contribution < -0.4 is 16.0 Å². The molecule has 13 heteroatoms. The van der Waals surface area contributed by atoms with E-state index in [1.165, 1.54) is 57.6 Å². The maximum absolute atomic E-state index is 14.5. The molecule has 3 N–H and O–H groups in total. The van der Waals surface area contributed by atoms with Crippen LogP contribution in [0.1, 0.15) is 160 Å². The van der Waals surface area contributed by atoms with E-state index in [9.17, 15) is 14.4 Å². The van der Waals surface area contributed by atoms with Gasteiger partial charge in [0.25, 0.3) is 5.91 Å². The van der Waals surface area contributed by atoms with Gasteiger partial charge in [0, 0.05) is 78.9 Å². The van der Waals surface area contributed by atoms with Gasteiger partial charge in [-0.25, -0.2) is 15.0 Å². The van der Waals surface area contributed by atoms with E-state index >= 15 is 0 Å². The fourth-order valence-corrected chi connectivity index (χ4v) is 10.6. The van der Waals surface area contributed by atoms with E-state index in [0.29, 0.717) is 91.3 Å². The van der Waals surface area contributed by atoms with Crippen molar-refractivity contribution in [3.8, 4) is 0 Å². The number of methoxy groups -OCH3 is 1. The molecule has 5 rings (SSSR count). The number of ether oxygens (including phenoxy) is 4. The number of hydrogen-bond acceptors (Lipinski definition) is 12. The van der Waals surface area contributed by atoms with Crippen molar-refractivity contribution in [2.24, 2.45) is 44.6 Å². The van der Waals surface area contributed by atoms with E-state index < -0.39 is 5.97 Å². The summed E-state index contributed by atoms with van der Waals surface area (Å²) < 4.78 is 22.4. The van der Waals surface area contributed by atoms with Crippen LogP contribution >= 0.6 is 0 Å². The van der Waals surface area contributed by atoms with Crippen molar-refractivity contribution in [2.75, 3.05) is 53.2 Å². The Morgan fingerprint density at radius 3 is 2.14 bits per heavy atom. The van der Waals surface area contributed by atoms with Gasteiger partial charge >= 0.3 is 11.9 Å². The molecule has 0 aromatic heterocycles. The second kappa shape index (κ2) is 30.9. The van der Waals surface area contributed by atoms with Crippen LogP contribution in [0.4, 0.5) is 0 Å². The van der Waals surface area contributed by atoms with E-state index in [1.807, 2.05) is 64.3 Å². The molecule has 4 unspecified atom stereocenters. The van der Waals surface area contributed by atoms with Crippen LogP contribution in [-0.4, -0.2) is 88.2 Å². The zero-order chi connectivity index (χ0) is 55.3. The number of carbonyl (C=O) groups excluding carboxylic acids is 3. The average Bonchev–Trinajstić information content (AvgIpc) is 4.08. The Labute approximate surface area is 456 Å². The van der Waals surface area contributed by atoms with Gasteiger partial charge in [0.15, 0.2) is 0 Å². The van der Waals surface area contributed by atoms with E-state index in [2.05, 4.69) is 71.0 Å². The number of nitrogens with one attached hydrogen (secondary N) is 3. The summed E-state index contributed by atoms with van der Waals surface area (Å²) in [6.07, 6.45) is 24.0. The number of fused-ring (bicyclic) bond motifs is 5. The van der Waals surface area contributed by atoms with Crippen LogP contribution in [0.5, 0.6) is 0 Å². The Morgan fingerprint density at radius 2 is 1.49 bits per heavy atom. The molecule has 5 heterocycles. The second-order valence-corrected chi connectivity index (χ2v) is 21.5. The third kappa shape index (κ3) is 17.2. The molecule has 0 saturated carbocycles. The zero-order valence-electron chi connectivity index (χ0n) is 48.4. The number of aliphatic imine (C=N–C) groups is 3. The van der Waals surface area contributed by atoms with Gasteiger partial charge in [0.1, 0.15) is 6.61 Å². The Morgan fingerprint density at radius 1 is 0.803 bits per heavy atom. The number of nitrogens with zero attached hydrogens (tertiary/aromatic N) is 3. The van der Waals surface area contributed by atoms with Crippen LogP contribution in [0.2, 0.25) is 0 Å². The lowest BCUT2D eigenvalue weighted by Gasteiger charge is -2.20. The van der Waals surface area contributed by atoms with Gasteiger partial charge in [-0.05, 0) is 119 Å². The molecule has 76 heavy (non-hydrogen) atoms. The Hall–Kier alpha value is -5.66. The minimum absolute atomic E-state index is 0.134. The molecular weight excluding hydrogens is 953 g/mol. The molecule has 0 aliphatic carbocycles. The normalized spacial score (nSPS) is 19.9. The number of rotatable bonds is 31. The highest BCUT2D eigenvalue weighted by molar-refractivity contribution is 6.31. The van der Waals surface area contributed by atoms with Crippen molar-refractivity contribution in [2.45, 2.75) is 160 Å². The highest BCUT2D eigenvalue weighted by Crippen LogP contribution is 2.43. The van der Waals surface area contributed by atoms with Crippen molar-refractivity contribution < 1.29 is 33.3 Å². The van der Waals surface area contributed by atoms with E-state index in [-0.39, 0.29) is 49.7 Å². The molecule has 4 atom stereocenters. The van der Waals surface area contributed by atoms with Crippen molar-refractivity contribution in [1.29, 1.82) is 0 Å². The molecule has 0 spiro atoms.